The molecule has 0 aliphatic carbocycles. The molecule has 1 aromatic heterocycles. The topological polar surface area (TPSA) is 79.6 Å². The van der Waals surface area contributed by atoms with Crippen LogP contribution in [0.15, 0.2) is 76.6 Å². The highest BCUT2D eigenvalue weighted by molar-refractivity contribution is 7.89. The molecule has 1 heterocycles. The first-order valence-corrected chi connectivity index (χ1v) is 11.0. The molecule has 0 fully saturated rings. The van der Waals surface area contributed by atoms with E-state index in [0.29, 0.717) is 17.4 Å². The minimum atomic E-state index is -4.70. The summed E-state index contributed by atoms with van der Waals surface area (Å²) in [6.45, 7) is 4.29. The maximum Gasteiger partial charge on any atom is 0.416 e. The van der Waals surface area contributed by atoms with Gasteiger partial charge in [0.1, 0.15) is 11.3 Å². The summed E-state index contributed by atoms with van der Waals surface area (Å²) < 4.78 is 71.3. The number of carbonyl (C=O) groups is 1. The van der Waals surface area contributed by atoms with Crippen molar-refractivity contribution in [2.24, 2.45) is 0 Å². The quantitative estimate of drug-likeness (QED) is 0.496. The molecule has 10 heteroatoms. The third kappa shape index (κ3) is 5.20. The minimum Gasteiger partial charge on any atom is -0.459 e. The third-order valence-electron chi connectivity index (χ3n) is 4.70. The van der Waals surface area contributed by atoms with E-state index < -0.39 is 45.2 Å². The number of nitrogens with one attached hydrogen (secondary N) is 1. The third-order valence-corrected chi connectivity index (χ3v) is 6.51. The lowest BCUT2D eigenvalue weighted by atomic mass is 10.2. The molecule has 6 nitrogen and oxygen atoms in total. The van der Waals surface area contributed by atoms with E-state index in [2.05, 4.69) is 11.9 Å². The molecule has 2 aromatic carbocycles. The van der Waals surface area contributed by atoms with Crippen LogP contribution in [0.5, 0.6) is 0 Å². The van der Waals surface area contributed by atoms with E-state index in [4.69, 9.17) is 4.42 Å². The Hall–Kier alpha value is -3.11. The van der Waals surface area contributed by atoms with Crippen molar-refractivity contribution in [1.29, 1.82) is 0 Å². The van der Waals surface area contributed by atoms with Crippen LogP contribution in [-0.4, -0.2) is 31.7 Å². The van der Waals surface area contributed by atoms with Gasteiger partial charge in [-0.25, -0.2) is 8.42 Å². The van der Waals surface area contributed by atoms with Crippen LogP contribution in [0.1, 0.15) is 24.3 Å². The van der Waals surface area contributed by atoms with Gasteiger partial charge in [0.05, 0.1) is 23.0 Å². The minimum absolute atomic E-state index is 0.259. The Balaban J connectivity index is 1.77. The van der Waals surface area contributed by atoms with Crippen LogP contribution in [0.2, 0.25) is 0 Å². The van der Waals surface area contributed by atoms with E-state index in [9.17, 15) is 26.4 Å². The number of carbonyl (C=O) groups excluding carboxylic acids is 1. The van der Waals surface area contributed by atoms with E-state index in [1.807, 2.05) is 18.2 Å². The average molecular weight is 466 g/mol. The Bertz CT molecular complexity index is 1200. The molecule has 0 bridgehead atoms. The number of rotatable bonds is 8. The maximum absolute atomic E-state index is 13.0. The lowest BCUT2D eigenvalue weighted by Crippen LogP contribution is -2.41. The zero-order valence-corrected chi connectivity index (χ0v) is 17.9. The second-order valence-electron chi connectivity index (χ2n) is 7.09. The van der Waals surface area contributed by atoms with E-state index >= 15 is 0 Å². The van der Waals surface area contributed by atoms with Crippen molar-refractivity contribution in [2.75, 3.05) is 13.1 Å². The first-order valence-electron chi connectivity index (χ1n) is 9.58. The Morgan fingerprint density at radius 3 is 2.56 bits per heavy atom. The summed E-state index contributed by atoms with van der Waals surface area (Å²) in [7, 11) is -4.38. The van der Waals surface area contributed by atoms with Crippen molar-refractivity contribution in [2.45, 2.75) is 24.0 Å². The summed E-state index contributed by atoms with van der Waals surface area (Å²) in [4.78, 5) is 12.0. The van der Waals surface area contributed by atoms with Gasteiger partial charge < -0.3 is 9.73 Å². The average Bonchev–Trinajstić information content (AvgIpc) is 3.17. The van der Waals surface area contributed by atoms with Gasteiger partial charge in [-0.1, -0.05) is 30.3 Å². The molecule has 1 atom stereocenters. The lowest BCUT2D eigenvalue weighted by molar-refractivity contribution is -0.137. The van der Waals surface area contributed by atoms with Gasteiger partial charge in [-0.2, -0.15) is 17.5 Å². The molecule has 0 spiro atoms. The summed E-state index contributed by atoms with van der Waals surface area (Å²) in [5.41, 5.74) is -0.455. The van der Waals surface area contributed by atoms with Crippen LogP contribution in [0, 0.1) is 0 Å². The Morgan fingerprint density at radius 2 is 1.91 bits per heavy atom. The van der Waals surface area contributed by atoms with Crippen LogP contribution < -0.4 is 5.32 Å². The summed E-state index contributed by atoms with van der Waals surface area (Å²) in [6.07, 6.45) is -3.45. The second kappa shape index (κ2) is 9.17. The van der Waals surface area contributed by atoms with Crippen LogP contribution in [-0.2, 0) is 21.0 Å². The fourth-order valence-electron chi connectivity index (χ4n) is 3.11. The lowest BCUT2D eigenvalue weighted by Gasteiger charge is -2.22. The number of halogens is 3. The summed E-state index contributed by atoms with van der Waals surface area (Å²) >= 11 is 0. The van der Waals surface area contributed by atoms with Gasteiger partial charge in [0.25, 0.3) is 0 Å². The zero-order valence-electron chi connectivity index (χ0n) is 17.1. The van der Waals surface area contributed by atoms with Crippen LogP contribution in [0.3, 0.4) is 0 Å². The van der Waals surface area contributed by atoms with Crippen molar-refractivity contribution in [3.05, 3.63) is 78.6 Å². The number of hydrogen-bond acceptors (Lipinski definition) is 4. The molecule has 3 aromatic rings. The molecule has 0 saturated heterocycles. The van der Waals surface area contributed by atoms with Gasteiger partial charge in [0.15, 0.2) is 0 Å². The number of alkyl halides is 3. The van der Waals surface area contributed by atoms with Crippen molar-refractivity contribution in [1.82, 2.24) is 9.62 Å². The number of nitrogens with zero attached hydrogens (tertiary/aromatic N) is 1. The van der Waals surface area contributed by atoms with Crippen LogP contribution in [0.25, 0.3) is 11.0 Å². The highest BCUT2D eigenvalue weighted by Crippen LogP contribution is 2.31. The number of amides is 1. The molecule has 3 rings (SSSR count). The Kier molecular flexibility index (Phi) is 6.75. The molecular formula is C22H21F3N2O4S. The van der Waals surface area contributed by atoms with Crippen molar-refractivity contribution >= 4 is 26.9 Å². The van der Waals surface area contributed by atoms with E-state index in [0.717, 1.165) is 27.9 Å². The molecule has 0 aliphatic heterocycles. The van der Waals surface area contributed by atoms with Gasteiger partial charge in [-0.05, 0) is 37.3 Å². The Morgan fingerprint density at radius 1 is 1.19 bits per heavy atom. The second-order valence-corrected chi connectivity index (χ2v) is 9.03. The number of furan rings is 1. The smallest absolute Gasteiger partial charge is 0.416 e. The highest BCUT2D eigenvalue weighted by atomic mass is 32.2. The van der Waals surface area contributed by atoms with E-state index in [1.54, 1.807) is 19.1 Å². The molecule has 1 N–H and O–H groups in total. The summed E-state index contributed by atoms with van der Waals surface area (Å²) in [6, 6.07) is 11.9. The normalized spacial score (nSPS) is 13.3. The standard InChI is InChI=1S/C22H21F3N2O4S/c1-3-11-27(32(29,30)18-9-6-8-17(13-18)22(23,24)25)14-21(28)26-15(2)20-12-16-7-4-5-10-19(16)31-20/h3-10,12-13,15H,1,11,14H2,2H3,(H,26,28). The van der Waals surface area contributed by atoms with Gasteiger partial charge in [-0.15, -0.1) is 6.58 Å². The fourth-order valence-corrected chi connectivity index (χ4v) is 4.52. The number of para-hydroxylation sites is 1. The number of hydrogen-bond donors (Lipinski definition) is 1. The van der Waals surface area contributed by atoms with Gasteiger partial charge in [0.2, 0.25) is 15.9 Å². The summed E-state index contributed by atoms with van der Waals surface area (Å²) in [5, 5.41) is 3.50. The first kappa shape index (κ1) is 23.6. The molecule has 1 unspecified atom stereocenters. The fraction of sp³-hybridized carbons (Fsp3) is 0.227. The molecule has 170 valence electrons. The van der Waals surface area contributed by atoms with Crippen LogP contribution in [0.4, 0.5) is 13.2 Å². The largest absolute Gasteiger partial charge is 0.459 e. The van der Waals surface area contributed by atoms with E-state index in [1.165, 1.54) is 6.08 Å². The molecule has 1 amide bonds. The molecule has 0 saturated carbocycles. The maximum atomic E-state index is 13.0. The molecule has 0 radical (unpaired) electrons. The van der Waals surface area contributed by atoms with Gasteiger partial charge in [0, 0.05) is 11.9 Å². The SMILES string of the molecule is C=CCN(CC(=O)NC(C)c1cc2ccccc2o1)S(=O)(=O)c1cccc(C(F)(F)F)c1. The predicted molar refractivity (Wildman–Crippen MR) is 113 cm³/mol. The predicted octanol–water partition coefficient (Wildman–Crippen LogP) is 4.51. The van der Waals surface area contributed by atoms with Crippen molar-refractivity contribution in [3.8, 4) is 0 Å². The number of fused-ring (bicyclic) bond motifs is 1. The zero-order chi connectivity index (χ0) is 23.5. The number of benzene rings is 2. The monoisotopic (exact) mass is 466 g/mol. The number of sulfonamides is 1. The molecule has 32 heavy (non-hydrogen) atoms. The van der Waals surface area contributed by atoms with Crippen molar-refractivity contribution in [3.63, 3.8) is 0 Å². The van der Waals surface area contributed by atoms with E-state index in [-0.39, 0.29) is 6.54 Å². The summed E-state index contributed by atoms with van der Waals surface area (Å²) in [5.74, 6) is -0.161. The Labute approximate surface area is 183 Å². The first-order chi connectivity index (χ1) is 15.0. The molecular weight excluding hydrogens is 445 g/mol. The van der Waals surface area contributed by atoms with Gasteiger partial charge in [-0.3, -0.25) is 4.79 Å². The van der Waals surface area contributed by atoms with Crippen molar-refractivity contribution < 1.29 is 30.8 Å². The van der Waals surface area contributed by atoms with Gasteiger partial charge >= 0.3 is 6.18 Å². The molecule has 0 aliphatic rings. The van der Waals surface area contributed by atoms with Crippen LogP contribution >= 0.6 is 0 Å². The highest BCUT2D eigenvalue weighted by Gasteiger charge is 2.33.